The van der Waals surface area contributed by atoms with Crippen LogP contribution in [0.4, 0.5) is 5.82 Å². The number of rotatable bonds is 3. The van der Waals surface area contributed by atoms with Gasteiger partial charge in [0.15, 0.2) is 5.82 Å². The molecule has 0 saturated carbocycles. The van der Waals surface area contributed by atoms with Gasteiger partial charge in [0.1, 0.15) is 22.7 Å². The Kier molecular flexibility index (Phi) is 3.66. The van der Waals surface area contributed by atoms with Crippen molar-refractivity contribution in [3.8, 4) is 11.8 Å². The number of ether oxygens (including phenoxy) is 1. The zero-order valence-electron chi connectivity index (χ0n) is 14.8. The highest BCUT2D eigenvalue weighted by molar-refractivity contribution is 6.09. The van der Waals surface area contributed by atoms with E-state index in [9.17, 15) is 5.26 Å². The number of nitrogens with zero attached hydrogens (tertiary/aromatic N) is 5. The minimum Gasteiger partial charge on any atom is -0.496 e. The van der Waals surface area contributed by atoms with E-state index in [1.54, 1.807) is 13.3 Å². The summed E-state index contributed by atoms with van der Waals surface area (Å²) in [4.78, 5) is 4.72. The number of methoxy groups -OCH3 is 1. The van der Waals surface area contributed by atoms with Gasteiger partial charge in [-0.2, -0.15) is 10.4 Å². The third-order valence-corrected chi connectivity index (χ3v) is 5.02. The third kappa shape index (κ3) is 2.30. The van der Waals surface area contributed by atoms with E-state index >= 15 is 0 Å². The van der Waals surface area contributed by atoms with Crippen molar-refractivity contribution in [1.29, 1.82) is 5.26 Å². The number of benzene rings is 2. The number of hydrogen-bond acceptors (Lipinski definition) is 7. The lowest BCUT2D eigenvalue weighted by atomic mass is 9.76. The molecule has 1 N–H and O–H groups in total. The average Bonchev–Trinajstić information content (AvgIpc) is 3.41. The van der Waals surface area contributed by atoms with Gasteiger partial charge in [0.25, 0.3) is 0 Å². The fourth-order valence-corrected chi connectivity index (χ4v) is 3.78. The molecule has 3 heterocycles. The Labute approximate surface area is 159 Å². The maximum absolute atomic E-state index is 10.1. The van der Waals surface area contributed by atoms with Crippen LogP contribution in [-0.4, -0.2) is 33.3 Å². The maximum atomic E-state index is 10.1. The lowest BCUT2D eigenvalue weighted by Gasteiger charge is -2.28. The Morgan fingerprint density at radius 3 is 2.86 bits per heavy atom. The van der Waals surface area contributed by atoms with Crippen molar-refractivity contribution >= 4 is 22.6 Å². The fourth-order valence-electron chi connectivity index (χ4n) is 3.78. The molecule has 8 heteroatoms. The van der Waals surface area contributed by atoms with Crippen LogP contribution in [0.2, 0.25) is 0 Å². The number of para-hydroxylation sites is 1. The predicted molar refractivity (Wildman–Crippen MR) is 101 cm³/mol. The van der Waals surface area contributed by atoms with Crippen LogP contribution in [0.25, 0.3) is 11.0 Å². The fraction of sp³-hybridized carbons (Fsp3) is 0.150. The highest BCUT2D eigenvalue weighted by Gasteiger charge is 2.38. The van der Waals surface area contributed by atoms with Crippen LogP contribution in [0.15, 0.2) is 58.3 Å². The normalized spacial score (nSPS) is 18.4. The Bertz CT molecular complexity index is 1250. The van der Waals surface area contributed by atoms with Gasteiger partial charge in [-0.05, 0) is 34.1 Å². The number of aliphatic imine (C=N–C) groups is 1. The summed E-state index contributed by atoms with van der Waals surface area (Å²) < 4.78 is 10.4. The van der Waals surface area contributed by atoms with E-state index in [0.29, 0.717) is 28.3 Å². The van der Waals surface area contributed by atoms with E-state index in [4.69, 9.17) is 14.4 Å². The highest BCUT2D eigenvalue weighted by Crippen LogP contribution is 2.44. The number of aromatic amines is 1. The first-order valence-corrected chi connectivity index (χ1v) is 8.68. The molecule has 0 fully saturated rings. The van der Waals surface area contributed by atoms with Crippen molar-refractivity contribution in [3.63, 3.8) is 0 Å². The molecule has 0 radical (unpaired) electrons. The Morgan fingerprint density at radius 2 is 2.00 bits per heavy atom. The van der Waals surface area contributed by atoms with Gasteiger partial charge in [-0.1, -0.05) is 24.3 Å². The molecule has 4 aromatic rings. The Morgan fingerprint density at radius 1 is 1.11 bits per heavy atom. The monoisotopic (exact) mass is 370 g/mol. The van der Waals surface area contributed by atoms with E-state index in [0.717, 1.165) is 16.7 Å². The quantitative estimate of drug-likeness (QED) is 0.591. The molecule has 5 rings (SSSR count). The van der Waals surface area contributed by atoms with Crippen LogP contribution in [-0.2, 0) is 0 Å². The minimum absolute atomic E-state index is 0.327. The molecule has 0 saturated heterocycles. The summed E-state index contributed by atoms with van der Waals surface area (Å²) in [5.74, 6) is 0.380. The Balaban J connectivity index is 1.76. The zero-order valence-corrected chi connectivity index (χ0v) is 14.8. The number of nitrogens with one attached hydrogen (secondary N) is 1. The van der Waals surface area contributed by atoms with E-state index in [-0.39, 0.29) is 5.92 Å². The molecule has 0 aliphatic carbocycles. The summed E-state index contributed by atoms with van der Waals surface area (Å²) in [7, 11) is 1.60. The SMILES string of the molecule is COc1ccccc1C1=Nc2[nH]ncc2C(c2cccc3nonc23)C1C#N. The van der Waals surface area contributed by atoms with E-state index in [1.807, 2.05) is 42.5 Å². The smallest absolute Gasteiger partial charge is 0.152 e. The average molecular weight is 370 g/mol. The summed E-state index contributed by atoms with van der Waals surface area (Å²) in [5, 5.41) is 25.2. The van der Waals surface area contributed by atoms with Crippen molar-refractivity contribution < 1.29 is 9.37 Å². The van der Waals surface area contributed by atoms with Gasteiger partial charge in [-0.3, -0.25) is 5.10 Å². The van der Waals surface area contributed by atoms with Gasteiger partial charge in [-0.25, -0.2) is 9.62 Å². The van der Waals surface area contributed by atoms with Crippen LogP contribution in [0.5, 0.6) is 5.75 Å². The van der Waals surface area contributed by atoms with Gasteiger partial charge in [0, 0.05) is 17.0 Å². The second kappa shape index (κ2) is 6.32. The summed E-state index contributed by atoms with van der Waals surface area (Å²) >= 11 is 0. The number of hydrogen-bond donors (Lipinski definition) is 1. The van der Waals surface area contributed by atoms with Gasteiger partial charge < -0.3 is 4.74 Å². The first kappa shape index (κ1) is 16.2. The van der Waals surface area contributed by atoms with Crippen molar-refractivity contribution in [2.75, 3.05) is 7.11 Å². The molecule has 8 nitrogen and oxygen atoms in total. The molecule has 2 unspecified atom stereocenters. The first-order valence-electron chi connectivity index (χ1n) is 8.68. The number of nitriles is 1. The second-order valence-electron chi connectivity index (χ2n) is 6.43. The topological polar surface area (TPSA) is 113 Å². The molecule has 0 bridgehead atoms. The lowest BCUT2D eigenvalue weighted by molar-refractivity contribution is 0.315. The van der Waals surface area contributed by atoms with Crippen molar-refractivity contribution in [2.24, 2.45) is 10.9 Å². The molecular weight excluding hydrogens is 356 g/mol. The van der Waals surface area contributed by atoms with Gasteiger partial charge >= 0.3 is 0 Å². The largest absolute Gasteiger partial charge is 0.496 e. The molecule has 136 valence electrons. The molecule has 0 amide bonds. The molecule has 2 atom stereocenters. The highest BCUT2D eigenvalue weighted by atomic mass is 16.6. The van der Waals surface area contributed by atoms with Crippen molar-refractivity contribution in [2.45, 2.75) is 5.92 Å². The molecule has 2 aromatic carbocycles. The lowest BCUT2D eigenvalue weighted by Crippen LogP contribution is -2.26. The molecular formula is C20H14N6O2. The van der Waals surface area contributed by atoms with Crippen molar-refractivity contribution in [3.05, 3.63) is 65.4 Å². The second-order valence-corrected chi connectivity index (χ2v) is 6.43. The van der Waals surface area contributed by atoms with Gasteiger partial charge in [-0.15, -0.1) is 0 Å². The summed E-state index contributed by atoms with van der Waals surface area (Å²) in [5.41, 5.74) is 4.33. The van der Waals surface area contributed by atoms with E-state index < -0.39 is 5.92 Å². The van der Waals surface area contributed by atoms with Crippen LogP contribution in [0.1, 0.15) is 22.6 Å². The number of fused-ring (bicyclic) bond motifs is 2. The maximum Gasteiger partial charge on any atom is 0.152 e. The summed E-state index contributed by atoms with van der Waals surface area (Å²) in [6.07, 6.45) is 1.71. The Hall–Kier alpha value is -3.99. The molecule has 28 heavy (non-hydrogen) atoms. The summed E-state index contributed by atoms with van der Waals surface area (Å²) in [6.45, 7) is 0. The van der Waals surface area contributed by atoms with E-state index in [2.05, 4.69) is 26.6 Å². The molecule has 2 aromatic heterocycles. The first-order chi connectivity index (χ1) is 13.8. The zero-order chi connectivity index (χ0) is 19.1. The predicted octanol–water partition coefficient (Wildman–Crippen LogP) is 3.36. The minimum atomic E-state index is -0.566. The number of aromatic nitrogens is 4. The van der Waals surface area contributed by atoms with Crippen LogP contribution < -0.4 is 4.74 Å². The molecule has 1 aliphatic rings. The van der Waals surface area contributed by atoms with Crippen molar-refractivity contribution in [1.82, 2.24) is 20.5 Å². The number of H-pyrrole nitrogens is 1. The van der Waals surface area contributed by atoms with E-state index in [1.165, 1.54) is 0 Å². The van der Waals surface area contributed by atoms with Gasteiger partial charge in [0.05, 0.1) is 25.1 Å². The van der Waals surface area contributed by atoms with Crippen LogP contribution in [0, 0.1) is 17.2 Å². The van der Waals surface area contributed by atoms with Crippen LogP contribution in [0.3, 0.4) is 0 Å². The third-order valence-electron chi connectivity index (χ3n) is 5.02. The summed E-state index contributed by atoms with van der Waals surface area (Å²) in [6, 6.07) is 15.6. The standard InChI is InChI=1S/C20H14N6O2/c1-27-16-8-3-2-5-11(16)18-13(9-21)17(14-10-22-24-20(14)23-18)12-6-4-7-15-19(12)26-28-25-15/h2-8,10,13,17H,1H3,(H,22,24). The molecule has 1 aliphatic heterocycles. The van der Waals surface area contributed by atoms with Crippen LogP contribution >= 0.6 is 0 Å². The molecule has 0 spiro atoms. The van der Waals surface area contributed by atoms with Gasteiger partial charge in [0.2, 0.25) is 0 Å².